The SMILES string of the molecule is CNc1cc(N2CCOCC2C)nc(C2CC2)n1. The molecule has 0 bridgehead atoms. The summed E-state index contributed by atoms with van der Waals surface area (Å²) in [4.78, 5) is 11.6. The number of rotatable bonds is 3. The first-order chi connectivity index (χ1) is 8.78. The lowest BCUT2D eigenvalue weighted by molar-refractivity contribution is 0.0985. The minimum Gasteiger partial charge on any atom is -0.377 e. The summed E-state index contributed by atoms with van der Waals surface area (Å²) in [5.41, 5.74) is 0. The highest BCUT2D eigenvalue weighted by atomic mass is 16.5. The van der Waals surface area contributed by atoms with Gasteiger partial charge in [0.2, 0.25) is 0 Å². The Morgan fingerprint density at radius 1 is 1.39 bits per heavy atom. The summed E-state index contributed by atoms with van der Waals surface area (Å²) in [6, 6.07) is 2.42. The Hall–Kier alpha value is -1.36. The molecule has 0 radical (unpaired) electrons. The summed E-state index contributed by atoms with van der Waals surface area (Å²) in [5, 5.41) is 3.14. The van der Waals surface area contributed by atoms with Gasteiger partial charge in [-0.05, 0) is 19.8 Å². The zero-order valence-electron chi connectivity index (χ0n) is 11.0. The van der Waals surface area contributed by atoms with E-state index < -0.39 is 0 Å². The number of hydrogen-bond donors (Lipinski definition) is 1. The molecule has 1 aromatic heterocycles. The van der Waals surface area contributed by atoms with Gasteiger partial charge in [0.05, 0.1) is 19.3 Å². The zero-order valence-corrected chi connectivity index (χ0v) is 11.0. The van der Waals surface area contributed by atoms with Gasteiger partial charge in [0.15, 0.2) is 0 Å². The van der Waals surface area contributed by atoms with Gasteiger partial charge in [-0.2, -0.15) is 0 Å². The van der Waals surface area contributed by atoms with E-state index in [1.807, 2.05) is 13.1 Å². The second-order valence-electron chi connectivity index (χ2n) is 5.11. The van der Waals surface area contributed by atoms with Crippen LogP contribution in [-0.2, 0) is 4.74 Å². The quantitative estimate of drug-likeness (QED) is 0.881. The van der Waals surface area contributed by atoms with Gasteiger partial charge in [0.1, 0.15) is 17.5 Å². The molecule has 0 spiro atoms. The number of morpholine rings is 1. The van der Waals surface area contributed by atoms with Gasteiger partial charge in [-0.3, -0.25) is 0 Å². The van der Waals surface area contributed by atoms with Crippen molar-refractivity contribution in [3.63, 3.8) is 0 Å². The summed E-state index contributed by atoms with van der Waals surface area (Å²) in [6.45, 7) is 4.64. The molecule has 1 aromatic rings. The lowest BCUT2D eigenvalue weighted by Crippen LogP contribution is -2.44. The summed E-state index contributed by atoms with van der Waals surface area (Å²) in [7, 11) is 1.91. The standard InChI is InChI=1S/C13H20N4O/c1-9-8-18-6-5-17(9)12-7-11(14-2)15-13(16-12)10-3-4-10/h7,9-10H,3-6,8H2,1-2H3,(H,14,15,16). The molecule has 1 aliphatic heterocycles. The number of anilines is 2. The van der Waals surface area contributed by atoms with Crippen molar-refractivity contribution in [3.8, 4) is 0 Å². The highest BCUT2D eigenvalue weighted by Gasteiger charge is 2.29. The zero-order chi connectivity index (χ0) is 12.5. The van der Waals surface area contributed by atoms with E-state index in [1.54, 1.807) is 0 Å². The van der Waals surface area contributed by atoms with E-state index in [-0.39, 0.29) is 0 Å². The maximum absolute atomic E-state index is 5.48. The third-order valence-electron chi connectivity index (χ3n) is 3.59. The molecule has 5 heteroatoms. The first-order valence-corrected chi connectivity index (χ1v) is 6.69. The monoisotopic (exact) mass is 248 g/mol. The third kappa shape index (κ3) is 2.27. The predicted octanol–water partition coefficient (Wildman–Crippen LogP) is 1.62. The largest absolute Gasteiger partial charge is 0.377 e. The number of nitrogens with zero attached hydrogens (tertiary/aromatic N) is 3. The van der Waals surface area contributed by atoms with Crippen molar-refractivity contribution in [2.24, 2.45) is 0 Å². The lowest BCUT2D eigenvalue weighted by Gasteiger charge is -2.34. The van der Waals surface area contributed by atoms with Crippen molar-refractivity contribution in [2.75, 3.05) is 37.0 Å². The summed E-state index contributed by atoms with van der Waals surface area (Å²) in [5.74, 6) is 3.52. The smallest absolute Gasteiger partial charge is 0.136 e. The number of ether oxygens (including phenoxy) is 1. The Morgan fingerprint density at radius 3 is 2.89 bits per heavy atom. The molecule has 18 heavy (non-hydrogen) atoms. The van der Waals surface area contributed by atoms with Gasteiger partial charge < -0.3 is 15.0 Å². The van der Waals surface area contributed by atoms with Crippen molar-refractivity contribution in [2.45, 2.75) is 31.7 Å². The molecule has 1 unspecified atom stereocenters. The van der Waals surface area contributed by atoms with Crippen LogP contribution in [0, 0.1) is 0 Å². The molecule has 1 aliphatic carbocycles. The molecule has 1 saturated heterocycles. The normalized spacial score (nSPS) is 24.1. The molecule has 2 heterocycles. The number of aromatic nitrogens is 2. The molecule has 98 valence electrons. The van der Waals surface area contributed by atoms with Gasteiger partial charge in [0, 0.05) is 25.6 Å². The fourth-order valence-electron chi connectivity index (χ4n) is 2.32. The maximum atomic E-state index is 5.48. The molecule has 1 saturated carbocycles. The Balaban J connectivity index is 1.91. The van der Waals surface area contributed by atoms with Crippen molar-refractivity contribution < 1.29 is 4.74 Å². The predicted molar refractivity (Wildman–Crippen MR) is 71.2 cm³/mol. The van der Waals surface area contributed by atoms with Gasteiger partial charge in [-0.15, -0.1) is 0 Å². The maximum Gasteiger partial charge on any atom is 0.136 e. The second-order valence-corrected chi connectivity index (χ2v) is 5.11. The van der Waals surface area contributed by atoms with Crippen LogP contribution >= 0.6 is 0 Å². The Bertz CT molecular complexity index is 433. The number of hydrogen-bond acceptors (Lipinski definition) is 5. The molecular weight excluding hydrogens is 228 g/mol. The first kappa shape index (κ1) is 11.7. The molecule has 3 rings (SSSR count). The van der Waals surface area contributed by atoms with Crippen LogP contribution in [0.5, 0.6) is 0 Å². The van der Waals surface area contributed by atoms with E-state index >= 15 is 0 Å². The minimum atomic E-state index is 0.380. The summed E-state index contributed by atoms with van der Waals surface area (Å²) >= 11 is 0. The van der Waals surface area contributed by atoms with Crippen molar-refractivity contribution >= 4 is 11.6 Å². The van der Waals surface area contributed by atoms with E-state index in [4.69, 9.17) is 9.72 Å². The van der Waals surface area contributed by atoms with E-state index in [0.29, 0.717) is 12.0 Å². The second kappa shape index (κ2) is 4.72. The fourth-order valence-corrected chi connectivity index (χ4v) is 2.32. The van der Waals surface area contributed by atoms with Crippen LogP contribution in [0.2, 0.25) is 0 Å². The molecule has 1 N–H and O–H groups in total. The van der Waals surface area contributed by atoms with Gasteiger partial charge in [-0.1, -0.05) is 0 Å². The highest BCUT2D eigenvalue weighted by Crippen LogP contribution is 2.39. The molecule has 1 atom stereocenters. The van der Waals surface area contributed by atoms with Gasteiger partial charge in [-0.25, -0.2) is 9.97 Å². The van der Waals surface area contributed by atoms with Gasteiger partial charge >= 0.3 is 0 Å². The average molecular weight is 248 g/mol. The van der Waals surface area contributed by atoms with E-state index in [1.165, 1.54) is 12.8 Å². The fraction of sp³-hybridized carbons (Fsp3) is 0.692. The summed E-state index contributed by atoms with van der Waals surface area (Å²) < 4.78 is 5.48. The molecule has 5 nitrogen and oxygen atoms in total. The van der Waals surface area contributed by atoms with Crippen molar-refractivity contribution in [3.05, 3.63) is 11.9 Å². The van der Waals surface area contributed by atoms with Crippen LogP contribution in [0.3, 0.4) is 0 Å². The Kier molecular flexibility index (Phi) is 3.07. The van der Waals surface area contributed by atoms with E-state index in [2.05, 4.69) is 22.1 Å². The Labute approximate surface area is 108 Å². The molecule has 2 fully saturated rings. The molecule has 0 amide bonds. The van der Waals surface area contributed by atoms with Crippen LogP contribution in [0.1, 0.15) is 31.5 Å². The van der Waals surface area contributed by atoms with Gasteiger partial charge in [0.25, 0.3) is 0 Å². The lowest BCUT2D eigenvalue weighted by atomic mass is 10.2. The topological polar surface area (TPSA) is 50.3 Å². The van der Waals surface area contributed by atoms with Crippen LogP contribution in [0.4, 0.5) is 11.6 Å². The average Bonchev–Trinajstić information content (AvgIpc) is 3.23. The van der Waals surface area contributed by atoms with Crippen LogP contribution in [0.15, 0.2) is 6.07 Å². The Morgan fingerprint density at radius 2 is 2.22 bits per heavy atom. The highest BCUT2D eigenvalue weighted by molar-refractivity contribution is 5.50. The number of nitrogens with one attached hydrogen (secondary N) is 1. The summed E-state index contributed by atoms with van der Waals surface area (Å²) in [6.07, 6.45) is 2.45. The van der Waals surface area contributed by atoms with Crippen LogP contribution in [0.25, 0.3) is 0 Å². The van der Waals surface area contributed by atoms with E-state index in [0.717, 1.165) is 37.2 Å². The van der Waals surface area contributed by atoms with Crippen molar-refractivity contribution in [1.29, 1.82) is 0 Å². The molecule has 2 aliphatic rings. The van der Waals surface area contributed by atoms with Crippen molar-refractivity contribution in [1.82, 2.24) is 9.97 Å². The van der Waals surface area contributed by atoms with Crippen LogP contribution in [-0.4, -0.2) is 42.8 Å². The first-order valence-electron chi connectivity index (χ1n) is 6.69. The van der Waals surface area contributed by atoms with Crippen LogP contribution < -0.4 is 10.2 Å². The molecule has 0 aromatic carbocycles. The van der Waals surface area contributed by atoms with E-state index in [9.17, 15) is 0 Å². The minimum absolute atomic E-state index is 0.380. The third-order valence-corrected chi connectivity index (χ3v) is 3.59. The molecular formula is C13H20N4O.